The number of carbonyl (C=O) groups is 1. The third-order valence-corrected chi connectivity index (χ3v) is 4.57. The molecule has 1 unspecified atom stereocenters. The van der Waals surface area contributed by atoms with E-state index in [4.69, 9.17) is 15.9 Å². The molecule has 1 aromatic carbocycles. The Bertz CT molecular complexity index is 581. The fraction of sp³-hybridized carbons (Fsp3) is 0.579. The first kappa shape index (κ1) is 21.3. The maximum Gasteiger partial charge on any atom is 0.311 e. The number of hydrogen-bond donors (Lipinski definition) is 2. The Morgan fingerprint density at radius 3 is 2.52 bits per heavy atom. The van der Waals surface area contributed by atoms with Crippen molar-refractivity contribution in [2.75, 3.05) is 13.1 Å². The Morgan fingerprint density at radius 1 is 1.32 bits per heavy atom. The predicted octanol–water partition coefficient (Wildman–Crippen LogP) is 3.70. The molecule has 0 aromatic heterocycles. The van der Waals surface area contributed by atoms with Crippen LogP contribution in [0.3, 0.4) is 0 Å². The minimum atomic E-state index is -0.196. The number of benzene rings is 1. The highest BCUT2D eigenvalue weighted by molar-refractivity contribution is 5.85. The van der Waals surface area contributed by atoms with Gasteiger partial charge in [0.1, 0.15) is 5.75 Å². The Kier molecular flexibility index (Phi) is 7.74. The summed E-state index contributed by atoms with van der Waals surface area (Å²) in [4.78, 5) is 13.9. The standard InChI is InChI=1S/C19H29N3O2.ClH/c1-19(2,3)15-7-9-16(10-8-15)24-17(23)11-6-14-5-4-12-22(13-14)18(20)21;/h7-10,14H,4-6,11-13H2,1-3H3,(H3,20,21);1H. The van der Waals surface area contributed by atoms with E-state index >= 15 is 0 Å². The zero-order valence-electron chi connectivity index (χ0n) is 15.4. The van der Waals surface area contributed by atoms with Gasteiger partial charge >= 0.3 is 5.97 Å². The molecule has 1 aromatic rings. The summed E-state index contributed by atoms with van der Waals surface area (Å²) in [6, 6.07) is 7.73. The van der Waals surface area contributed by atoms with Crippen LogP contribution in [0.2, 0.25) is 0 Å². The topological polar surface area (TPSA) is 79.4 Å². The molecule has 0 bridgehead atoms. The molecule has 6 heteroatoms. The SMILES string of the molecule is CC(C)(C)c1ccc(OC(=O)CCC2CCCN(C(=N)N)C2)cc1.Cl. The zero-order chi connectivity index (χ0) is 17.7. The highest BCUT2D eigenvalue weighted by Gasteiger charge is 2.21. The number of nitrogens with one attached hydrogen (secondary N) is 1. The highest BCUT2D eigenvalue weighted by atomic mass is 35.5. The van der Waals surface area contributed by atoms with Gasteiger partial charge in [0.15, 0.2) is 5.96 Å². The summed E-state index contributed by atoms with van der Waals surface area (Å²) >= 11 is 0. The summed E-state index contributed by atoms with van der Waals surface area (Å²) in [6.07, 6.45) is 3.28. The predicted molar refractivity (Wildman–Crippen MR) is 103 cm³/mol. The van der Waals surface area contributed by atoms with Crippen LogP contribution in [0.15, 0.2) is 24.3 Å². The van der Waals surface area contributed by atoms with Gasteiger partial charge in [0, 0.05) is 19.5 Å². The van der Waals surface area contributed by atoms with E-state index in [0.717, 1.165) is 32.4 Å². The fourth-order valence-electron chi connectivity index (χ4n) is 3.05. The van der Waals surface area contributed by atoms with E-state index in [0.29, 0.717) is 18.1 Å². The van der Waals surface area contributed by atoms with Gasteiger partial charge in [-0.15, -0.1) is 12.4 Å². The van der Waals surface area contributed by atoms with E-state index < -0.39 is 0 Å². The Balaban J connectivity index is 0.00000312. The van der Waals surface area contributed by atoms with Crippen molar-refractivity contribution in [2.24, 2.45) is 11.7 Å². The number of likely N-dealkylation sites (tertiary alicyclic amines) is 1. The first-order chi connectivity index (χ1) is 11.3. The maximum atomic E-state index is 12.0. The summed E-state index contributed by atoms with van der Waals surface area (Å²) in [5.74, 6) is 0.931. The average molecular weight is 368 g/mol. The van der Waals surface area contributed by atoms with Crippen LogP contribution in [-0.4, -0.2) is 29.9 Å². The molecule has 140 valence electrons. The molecule has 5 nitrogen and oxygen atoms in total. The third-order valence-electron chi connectivity index (χ3n) is 4.57. The molecule has 0 radical (unpaired) electrons. The normalized spacial score (nSPS) is 17.6. The minimum absolute atomic E-state index is 0. The number of ether oxygens (including phenoxy) is 1. The lowest BCUT2D eigenvalue weighted by Crippen LogP contribution is -2.43. The number of carbonyl (C=O) groups excluding carboxylic acids is 1. The number of piperidine rings is 1. The van der Waals surface area contributed by atoms with Crippen LogP contribution in [0.4, 0.5) is 0 Å². The lowest BCUT2D eigenvalue weighted by atomic mass is 9.87. The second-order valence-electron chi connectivity index (χ2n) is 7.63. The monoisotopic (exact) mass is 367 g/mol. The maximum absolute atomic E-state index is 12.0. The molecule has 1 saturated heterocycles. The second-order valence-corrected chi connectivity index (χ2v) is 7.63. The fourth-order valence-corrected chi connectivity index (χ4v) is 3.05. The van der Waals surface area contributed by atoms with E-state index in [1.54, 1.807) is 0 Å². The molecule has 0 saturated carbocycles. The van der Waals surface area contributed by atoms with Gasteiger partial charge in [-0.25, -0.2) is 0 Å². The van der Waals surface area contributed by atoms with E-state index in [1.807, 2.05) is 29.2 Å². The van der Waals surface area contributed by atoms with Crippen LogP contribution in [0.5, 0.6) is 5.75 Å². The molecule has 2 rings (SSSR count). The van der Waals surface area contributed by atoms with Crippen molar-refractivity contribution in [1.29, 1.82) is 5.41 Å². The summed E-state index contributed by atoms with van der Waals surface area (Å²) < 4.78 is 5.43. The number of rotatable bonds is 4. The number of nitrogens with two attached hydrogens (primary N) is 1. The molecule has 1 aliphatic heterocycles. The van der Waals surface area contributed by atoms with Crippen molar-refractivity contribution in [3.63, 3.8) is 0 Å². The molecule has 0 spiro atoms. The molecule has 1 aliphatic rings. The van der Waals surface area contributed by atoms with Gasteiger partial charge in [0.05, 0.1) is 0 Å². The molecule has 0 amide bonds. The Morgan fingerprint density at radius 2 is 1.96 bits per heavy atom. The van der Waals surface area contributed by atoms with E-state index in [1.165, 1.54) is 5.56 Å². The zero-order valence-corrected chi connectivity index (χ0v) is 16.2. The minimum Gasteiger partial charge on any atom is -0.427 e. The van der Waals surface area contributed by atoms with Crippen molar-refractivity contribution >= 4 is 24.3 Å². The average Bonchev–Trinajstić information content (AvgIpc) is 2.53. The first-order valence-corrected chi connectivity index (χ1v) is 8.66. The largest absolute Gasteiger partial charge is 0.427 e. The smallest absolute Gasteiger partial charge is 0.311 e. The molecule has 1 fully saturated rings. The van der Waals surface area contributed by atoms with Crippen molar-refractivity contribution in [3.8, 4) is 5.75 Å². The first-order valence-electron chi connectivity index (χ1n) is 8.66. The van der Waals surface area contributed by atoms with Gasteiger partial charge in [-0.3, -0.25) is 10.2 Å². The Labute approximate surface area is 156 Å². The summed E-state index contributed by atoms with van der Waals surface area (Å²) in [7, 11) is 0. The van der Waals surface area contributed by atoms with Crippen molar-refractivity contribution in [1.82, 2.24) is 4.90 Å². The van der Waals surface area contributed by atoms with Gasteiger partial charge < -0.3 is 15.4 Å². The van der Waals surface area contributed by atoms with Gasteiger partial charge in [-0.1, -0.05) is 32.9 Å². The summed E-state index contributed by atoms with van der Waals surface area (Å²) in [5.41, 5.74) is 6.85. The van der Waals surface area contributed by atoms with E-state index in [9.17, 15) is 4.79 Å². The van der Waals surface area contributed by atoms with E-state index in [2.05, 4.69) is 20.8 Å². The number of nitrogens with zero attached hydrogens (tertiary/aromatic N) is 1. The quantitative estimate of drug-likeness (QED) is 0.368. The van der Waals surface area contributed by atoms with Crippen LogP contribution >= 0.6 is 12.4 Å². The number of guanidine groups is 1. The van der Waals surface area contributed by atoms with Gasteiger partial charge in [0.25, 0.3) is 0 Å². The van der Waals surface area contributed by atoms with Crippen molar-refractivity contribution in [2.45, 2.75) is 51.9 Å². The van der Waals surface area contributed by atoms with Gasteiger partial charge in [-0.2, -0.15) is 0 Å². The number of halogens is 1. The number of esters is 1. The molecular weight excluding hydrogens is 338 g/mol. The second kappa shape index (κ2) is 9.09. The molecule has 1 atom stereocenters. The molecule has 25 heavy (non-hydrogen) atoms. The lowest BCUT2D eigenvalue weighted by molar-refractivity contribution is -0.134. The molecular formula is C19H30ClN3O2. The third kappa shape index (κ3) is 6.58. The highest BCUT2D eigenvalue weighted by Crippen LogP contribution is 2.25. The van der Waals surface area contributed by atoms with Gasteiger partial charge in [0.2, 0.25) is 0 Å². The molecule has 3 N–H and O–H groups in total. The number of hydrogen-bond acceptors (Lipinski definition) is 3. The van der Waals surface area contributed by atoms with Crippen molar-refractivity contribution < 1.29 is 9.53 Å². The molecule has 0 aliphatic carbocycles. The summed E-state index contributed by atoms with van der Waals surface area (Å²) in [5, 5.41) is 7.52. The van der Waals surface area contributed by atoms with Crippen LogP contribution in [0.25, 0.3) is 0 Å². The molecule has 1 heterocycles. The van der Waals surface area contributed by atoms with Crippen molar-refractivity contribution in [3.05, 3.63) is 29.8 Å². The van der Waals surface area contributed by atoms with Crippen LogP contribution in [0.1, 0.15) is 52.0 Å². The van der Waals surface area contributed by atoms with Gasteiger partial charge in [-0.05, 0) is 48.3 Å². The Hall–Kier alpha value is -1.75. The van der Waals surface area contributed by atoms with Crippen LogP contribution < -0.4 is 10.5 Å². The van der Waals surface area contributed by atoms with Crippen LogP contribution in [0, 0.1) is 11.3 Å². The summed E-state index contributed by atoms with van der Waals surface area (Å²) in [6.45, 7) is 8.08. The van der Waals surface area contributed by atoms with Crippen LogP contribution in [-0.2, 0) is 10.2 Å². The lowest BCUT2D eigenvalue weighted by Gasteiger charge is -2.32. The van der Waals surface area contributed by atoms with E-state index in [-0.39, 0.29) is 29.8 Å².